The van der Waals surface area contributed by atoms with Gasteiger partial charge in [0.15, 0.2) is 11.6 Å². The highest BCUT2D eigenvalue weighted by Gasteiger charge is 2.38. The number of piperidine rings is 1. The number of H-pyrrole nitrogens is 1. The summed E-state index contributed by atoms with van der Waals surface area (Å²) in [4.78, 5) is 29.1. The van der Waals surface area contributed by atoms with E-state index in [9.17, 15) is 9.59 Å². The molecule has 3 aliphatic rings. The number of rotatable bonds is 3. The van der Waals surface area contributed by atoms with Gasteiger partial charge in [0.2, 0.25) is 0 Å². The van der Waals surface area contributed by atoms with Gasteiger partial charge in [0.05, 0.1) is 13.3 Å². The fourth-order valence-corrected chi connectivity index (χ4v) is 4.78. The fraction of sp³-hybridized carbons (Fsp3) is 0.579. The summed E-state index contributed by atoms with van der Waals surface area (Å²) in [6.07, 6.45) is 5.23. The molecule has 1 saturated carbocycles. The number of halogens is 1. The second-order valence-electron chi connectivity index (χ2n) is 7.89. The number of ether oxygens (including phenoxy) is 1. The molecule has 0 spiro atoms. The van der Waals surface area contributed by atoms with Gasteiger partial charge >= 0.3 is 5.69 Å². The highest BCUT2D eigenvalue weighted by atomic mass is 19.1. The van der Waals surface area contributed by atoms with Gasteiger partial charge < -0.3 is 15.0 Å². The van der Waals surface area contributed by atoms with Crippen molar-refractivity contribution in [2.45, 2.75) is 37.6 Å². The molecule has 3 fully saturated rings. The van der Waals surface area contributed by atoms with Crippen molar-refractivity contribution in [2.24, 2.45) is 5.92 Å². The summed E-state index contributed by atoms with van der Waals surface area (Å²) in [6, 6.07) is 0.336. The molecule has 8 heteroatoms. The van der Waals surface area contributed by atoms with E-state index in [0.717, 1.165) is 38.8 Å². The second kappa shape index (κ2) is 6.09. The Kier molecular flexibility index (Phi) is 3.79. The lowest BCUT2D eigenvalue weighted by Gasteiger charge is -2.24. The standard InChI is InChI=1S/C19H23FN4O3/c1-27-17-15(23-7-11-3-2-6-21-13(11)9-23)12(20)8-24-16(17)14(10-4-5-10)18(25)22-19(24)26/h8,10-11,13,21H,2-7,9H2,1H3,(H,22,25,26). The van der Waals surface area contributed by atoms with E-state index in [2.05, 4.69) is 10.3 Å². The van der Waals surface area contributed by atoms with Gasteiger partial charge in [-0.2, -0.15) is 0 Å². The molecule has 7 nitrogen and oxygen atoms in total. The van der Waals surface area contributed by atoms with Gasteiger partial charge in [0, 0.05) is 24.7 Å². The van der Waals surface area contributed by atoms with Crippen molar-refractivity contribution in [1.29, 1.82) is 0 Å². The topological polar surface area (TPSA) is 78.8 Å². The number of anilines is 1. The van der Waals surface area contributed by atoms with Crippen LogP contribution in [0.2, 0.25) is 0 Å². The molecular formula is C19H23FN4O3. The van der Waals surface area contributed by atoms with E-state index in [0.29, 0.717) is 41.0 Å². The highest BCUT2D eigenvalue weighted by Crippen LogP contribution is 2.45. The zero-order chi connectivity index (χ0) is 18.7. The molecule has 5 rings (SSSR count). The number of methoxy groups -OCH3 is 1. The summed E-state index contributed by atoms with van der Waals surface area (Å²) in [5.74, 6) is 0.357. The predicted octanol–water partition coefficient (Wildman–Crippen LogP) is 1.20. The van der Waals surface area contributed by atoms with Crippen LogP contribution in [-0.4, -0.2) is 42.2 Å². The van der Waals surface area contributed by atoms with Crippen molar-refractivity contribution >= 4 is 11.2 Å². The molecule has 0 radical (unpaired) electrons. The fourth-order valence-electron chi connectivity index (χ4n) is 4.78. The van der Waals surface area contributed by atoms with Crippen LogP contribution in [0.5, 0.6) is 5.75 Å². The first kappa shape index (κ1) is 16.8. The van der Waals surface area contributed by atoms with Crippen molar-refractivity contribution in [2.75, 3.05) is 31.6 Å². The molecule has 0 amide bonds. The average Bonchev–Trinajstić information content (AvgIpc) is 3.39. The van der Waals surface area contributed by atoms with Crippen LogP contribution in [0.4, 0.5) is 10.1 Å². The Hall–Kier alpha value is -2.35. The van der Waals surface area contributed by atoms with Crippen LogP contribution >= 0.6 is 0 Å². The highest BCUT2D eigenvalue weighted by molar-refractivity contribution is 5.78. The Morgan fingerprint density at radius 2 is 2.04 bits per heavy atom. The smallest absolute Gasteiger partial charge is 0.333 e. The number of pyridine rings is 1. The summed E-state index contributed by atoms with van der Waals surface area (Å²) < 4.78 is 21.9. The third-order valence-corrected chi connectivity index (χ3v) is 6.18. The molecule has 2 aromatic rings. The average molecular weight is 374 g/mol. The maximum atomic E-state index is 15.1. The summed E-state index contributed by atoms with van der Waals surface area (Å²) in [5.41, 5.74) is 0.269. The number of aromatic nitrogens is 2. The molecular weight excluding hydrogens is 351 g/mol. The minimum Gasteiger partial charge on any atom is -0.492 e. The van der Waals surface area contributed by atoms with Crippen molar-refractivity contribution in [3.8, 4) is 5.75 Å². The van der Waals surface area contributed by atoms with E-state index in [1.807, 2.05) is 4.90 Å². The van der Waals surface area contributed by atoms with Crippen LogP contribution in [0.25, 0.3) is 5.52 Å². The quantitative estimate of drug-likeness (QED) is 0.844. The summed E-state index contributed by atoms with van der Waals surface area (Å²) in [5, 5.41) is 3.52. The zero-order valence-electron chi connectivity index (χ0n) is 15.3. The Morgan fingerprint density at radius 1 is 1.22 bits per heavy atom. The van der Waals surface area contributed by atoms with Gasteiger partial charge in [-0.15, -0.1) is 0 Å². The Labute approximate surface area is 155 Å². The first-order valence-electron chi connectivity index (χ1n) is 9.62. The van der Waals surface area contributed by atoms with Gasteiger partial charge in [-0.05, 0) is 44.1 Å². The molecule has 2 aliphatic heterocycles. The Balaban J connectivity index is 1.73. The van der Waals surface area contributed by atoms with Crippen LogP contribution in [0.15, 0.2) is 15.8 Å². The number of nitrogens with zero attached hydrogens (tertiary/aromatic N) is 2. The number of aromatic amines is 1. The van der Waals surface area contributed by atoms with E-state index in [1.54, 1.807) is 0 Å². The van der Waals surface area contributed by atoms with Crippen LogP contribution < -0.4 is 26.2 Å². The maximum Gasteiger partial charge on any atom is 0.333 e. The van der Waals surface area contributed by atoms with E-state index >= 15 is 4.39 Å². The lowest BCUT2D eigenvalue weighted by molar-refractivity contribution is 0.340. The molecule has 0 aromatic carbocycles. The number of fused-ring (bicyclic) bond motifs is 2. The summed E-state index contributed by atoms with van der Waals surface area (Å²) >= 11 is 0. The van der Waals surface area contributed by atoms with Crippen LogP contribution in [0.1, 0.15) is 37.2 Å². The summed E-state index contributed by atoms with van der Waals surface area (Å²) in [7, 11) is 1.47. The first-order valence-corrected chi connectivity index (χ1v) is 9.62. The molecule has 2 saturated heterocycles. The summed E-state index contributed by atoms with van der Waals surface area (Å²) in [6.45, 7) is 2.43. The molecule has 144 valence electrons. The molecule has 2 aromatic heterocycles. The molecule has 1 aliphatic carbocycles. The lowest BCUT2D eigenvalue weighted by atomic mass is 9.94. The van der Waals surface area contributed by atoms with Gasteiger partial charge in [0.25, 0.3) is 5.56 Å². The second-order valence-corrected chi connectivity index (χ2v) is 7.89. The van der Waals surface area contributed by atoms with Crippen molar-refractivity contribution in [3.05, 3.63) is 38.4 Å². The third-order valence-electron chi connectivity index (χ3n) is 6.18. The van der Waals surface area contributed by atoms with Gasteiger partial charge in [-0.25, -0.2) is 9.18 Å². The molecule has 0 bridgehead atoms. The SMILES string of the molecule is COc1c(N2CC3CCCNC3C2)c(F)cn2c(=O)[nH]c(=O)c(C3CC3)c12. The van der Waals surface area contributed by atoms with E-state index in [1.165, 1.54) is 17.7 Å². The Morgan fingerprint density at radius 3 is 2.74 bits per heavy atom. The number of hydrogen-bond acceptors (Lipinski definition) is 5. The number of hydrogen-bond donors (Lipinski definition) is 2. The molecule has 2 N–H and O–H groups in total. The first-order chi connectivity index (χ1) is 13.1. The lowest BCUT2D eigenvalue weighted by Crippen LogP contribution is -2.40. The van der Waals surface area contributed by atoms with Crippen LogP contribution in [0.3, 0.4) is 0 Å². The molecule has 2 unspecified atom stereocenters. The van der Waals surface area contributed by atoms with E-state index < -0.39 is 17.1 Å². The van der Waals surface area contributed by atoms with Gasteiger partial charge in [0.1, 0.15) is 11.2 Å². The van der Waals surface area contributed by atoms with E-state index in [4.69, 9.17) is 4.74 Å². The predicted molar refractivity (Wildman–Crippen MR) is 99.5 cm³/mol. The van der Waals surface area contributed by atoms with Crippen LogP contribution in [-0.2, 0) is 0 Å². The van der Waals surface area contributed by atoms with E-state index in [-0.39, 0.29) is 5.92 Å². The number of nitrogens with one attached hydrogen (secondary N) is 2. The van der Waals surface area contributed by atoms with Crippen LogP contribution in [0, 0.1) is 11.7 Å². The molecule has 2 atom stereocenters. The largest absolute Gasteiger partial charge is 0.492 e. The molecule has 4 heterocycles. The molecule has 27 heavy (non-hydrogen) atoms. The monoisotopic (exact) mass is 374 g/mol. The van der Waals surface area contributed by atoms with Gasteiger partial charge in [-0.3, -0.25) is 14.2 Å². The van der Waals surface area contributed by atoms with Crippen molar-refractivity contribution in [1.82, 2.24) is 14.7 Å². The van der Waals surface area contributed by atoms with Gasteiger partial charge in [-0.1, -0.05) is 0 Å². The Bertz CT molecular complexity index is 1010. The van der Waals surface area contributed by atoms with Crippen molar-refractivity contribution < 1.29 is 9.13 Å². The normalized spacial score (nSPS) is 25.0. The van der Waals surface area contributed by atoms with Crippen molar-refractivity contribution in [3.63, 3.8) is 0 Å². The zero-order valence-corrected chi connectivity index (χ0v) is 15.3. The third kappa shape index (κ3) is 2.57. The minimum atomic E-state index is -0.639. The maximum absolute atomic E-state index is 15.1. The minimum absolute atomic E-state index is 0.0967.